The van der Waals surface area contributed by atoms with Crippen molar-refractivity contribution in [3.63, 3.8) is 0 Å². The molecule has 7 nitrogen and oxygen atoms in total. The van der Waals surface area contributed by atoms with Crippen LogP contribution in [0.15, 0.2) is 34.9 Å². The molecule has 4 rings (SSSR count). The molecule has 2 fully saturated rings. The number of rotatable bonds is 4. The first-order valence-electron chi connectivity index (χ1n) is 9.24. The molecule has 7 heteroatoms. The second kappa shape index (κ2) is 6.72. The van der Waals surface area contributed by atoms with Gasteiger partial charge in [0.2, 0.25) is 5.89 Å². The maximum Gasteiger partial charge on any atom is 0.325 e. The number of ether oxygens (including phenoxy) is 1. The zero-order valence-electron chi connectivity index (χ0n) is 15.5. The standard InChI is InChI=1S/C20H23N3O4/c1-13-7-9-20(10-8-13)18(24)23(19(25)22-20)11-15-12-27-17(21-15)14-3-5-16(26-2)6-4-14/h3-6,12-13H,7-11H2,1-2H3,(H,22,25). The van der Waals surface area contributed by atoms with Crippen LogP contribution in [0.3, 0.4) is 0 Å². The van der Waals surface area contributed by atoms with Gasteiger partial charge in [-0.15, -0.1) is 0 Å². The number of methoxy groups -OCH3 is 1. The van der Waals surface area contributed by atoms with E-state index in [0.29, 0.717) is 30.3 Å². The average Bonchev–Trinajstić information content (AvgIpc) is 3.24. The minimum atomic E-state index is -0.730. The molecule has 27 heavy (non-hydrogen) atoms. The molecule has 1 spiro atoms. The van der Waals surface area contributed by atoms with Gasteiger partial charge >= 0.3 is 6.03 Å². The van der Waals surface area contributed by atoms with Crippen LogP contribution in [-0.4, -0.2) is 34.5 Å². The molecule has 2 aliphatic rings. The number of hydrogen-bond acceptors (Lipinski definition) is 5. The Morgan fingerprint density at radius 1 is 1.26 bits per heavy atom. The van der Waals surface area contributed by atoms with E-state index in [2.05, 4.69) is 17.2 Å². The molecule has 1 N–H and O–H groups in total. The van der Waals surface area contributed by atoms with E-state index in [0.717, 1.165) is 24.2 Å². The Balaban J connectivity index is 1.48. The molecule has 2 heterocycles. The summed E-state index contributed by atoms with van der Waals surface area (Å²) in [5.41, 5.74) is 0.620. The highest BCUT2D eigenvalue weighted by atomic mass is 16.5. The molecule has 0 bridgehead atoms. The maximum atomic E-state index is 12.9. The highest BCUT2D eigenvalue weighted by Gasteiger charge is 2.52. The number of oxazole rings is 1. The monoisotopic (exact) mass is 369 g/mol. The first-order valence-corrected chi connectivity index (χ1v) is 9.24. The average molecular weight is 369 g/mol. The maximum absolute atomic E-state index is 12.9. The minimum absolute atomic E-state index is 0.113. The fraction of sp³-hybridized carbons (Fsp3) is 0.450. The highest BCUT2D eigenvalue weighted by molar-refractivity contribution is 6.07. The van der Waals surface area contributed by atoms with Gasteiger partial charge in [0.1, 0.15) is 17.6 Å². The number of nitrogens with one attached hydrogen (secondary N) is 1. The van der Waals surface area contributed by atoms with E-state index in [1.54, 1.807) is 7.11 Å². The lowest BCUT2D eigenvalue weighted by molar-refractivity contribution is -0.133. The van der Waals surface area contributed by atoms with Gasteiger partial charge in [0.15, 0.2) is 0 Å². The summed E-state index contributed by atoms with van der Waals surface area (Å²) < 4.78 is 10.7. The number of hydrogen-bond donors (Lipinski definition) is 1. The summed E-state index contributed by atoms with van der Waals surface area (Å²) in [5.74, 6) is 1.64. The number of nitrogens with zero attached hydrogens (tertiary/aromatic N) is 2. The molecule has 2 aromatic rings. The SMILES string of the molecule is COc1ccc(-c2nc(CN3C(=O)NC4(CCC(C)CC4)C3=O)co2)cc1. The predicted octanol–water partition coefficient (Wildman–Crippen LogP) is 3.35. The molecule has 0 unspecified atom stereocenters. The molecule has 0 atom stereocenters. The molecule has 1 saturated heterocycles. The normalized spacial score (nSPS) is 25.1. The molecule has 1 aliphatic heterocycles. The van der Waals surface area contributed by atoms with Crippen molar-refractivity contribution in [3.05, 3.63) is 36.2 Å². The highest BCUT2D eigenvalue weighted by Crippen LogP contribution is 2.36. The van der Waals surface area contributed by atoms with Crippen molar-refractivity contribution in [1.82, 2.24) is 15.2 Å². The summed E-state index contributed by atoms with van der Waals surface area (Å²) in [4.78, 5) is 31.0. The molecule has 0 radical (unpaired) electrons. The van der Waals surface area contributed by atoms with Gasteiger partial charge in [0.25, 0.3) is 5.91 Å². The predicted molar refractivity (Wildman–Crippen MR) is 97.9 cm³/mol. The van der Waals surface area contributed by atoms with Crippen LogP contribution in [-0.2, 0) is 11.3 Å². The molecule has 1 aromatic heterocycles. The molecule has 3 amide bonds. The zero-order valence-corrected chi connectivity index (χ0v) is 15.5. The van der Waals surface area contributed by atoms with Crippen LogP contribution in [0.25, 0.3) is 11.5 Å². The molecule has 142 valence electrons. The Labute approximate surface area is 157 Å². The number of benzene rings is 1. The number of carbonyl (C=O) groups is 2. The van der Waals surface area contributed by atoms with Crippen LogP contribution in [0.1, 0.15) is 38.3 Å². The van der Waals surface area contributed by atoms with E-state index in [4.69, 9.17) is 9.15 Å². The fourth-order valence-corrected chi connectivity index (χ4v) is 3.82. The number of urea groups is 1. The molecular weight excluding hydrogens is 346 g/mol. The zero-order chi connectivity index (χ0) is 19.0. The van der Waals surface area contributed by atoms with Gasteiger partial charge in [0.05, 0.1) is 19.3 Å². The van der Waals surface area contributed by atoms with E-state index < -0.39 is 5.54 Å². The van der Waals surface area contributed by atoms with Crippen LogP contribution in [0.4, 0.5) is 4.79 Å². The summed E-state index contributed by atoms with van der Waals surface area (Å²) in [6.07, 6.45) is 4.79. The first kappa shape index (κ1) is 17.6. The van der Waals surface area contributed by atoms with Gasteiger partial charge in [-0.05, 0) is 55.9 Å². The van der Waals surface area contributed by atoms with Gasteiger partial charge in [-0.2, -0.15) is 0 Å². The molecule has 1 aromatic carbocycles. The fourth-order valence-electron chi connectivity index (χ4n) is 3.82. The van der Waals surface area contributed by atoms with Crippen molar-refractivity contribution < 1.29 is 18.7 Å². The first-order chi connectivity index (χ1) is 13.0. The van der Waals surface area contributed by atoms with E-state index in [1.165, 1.54) is 11.2 Å². The topological polar surface area (TPSA) is 84.7 Å². The van der Waals surface area contributed by atoms with Gasteiger partial charge in [-0.1, -0.05) is 6.92 Å². The third-order valence-electron chi connectivity index (χ3n) is 5.58. The van der Waals surface area contributed by atoms with Crippen molar-refractivity contribution >= 4 is 11.9 Å². The lowest BCUT2D eigenvalue weighted by atomic mass is 9.77. The Morgan fingerprint density at radius 3 is 2.63 bits per heavy atom. The Morgan fingerprint density at radius 2 is 1.96 bits per heavy atom. The summed E-state index contributed by atoms with van der Waals surface area (Å²) in [6, 6.07) is 7.00. The van der Waals surface area contributed by atoms with Crippen molar-refractivity contribution in [2.75, 3.05) is 7.11 Å². The lowest BCUT2D eigenvalue weighted by Crippen LogP contribution is -2.49. The molecular formula is C20H23N3O4. The third kappa shape index (κ3) is 3.18. The van der Waals surface area contributed by atoms with Crippen molar-refractivity contribution in [2.24, 2.45) is 5.92 Å². The van der Waals surface area contributed by atoms with Crippen molar-refractivity contribution in [3.8, 4) is 17.2 Å². The third-order valence-corrected chi connectivity index (χ3v) is 5.58. The van der Waals surface area contributed by atoms with E-state index >= 15 is 0 Å². The quantitative estimate of drug-likeness (QED) is 0.836. The molecule has 1 aliphatic carbocycles. The lowest BCUT2D eigenvalue weighted by Gasteiger charge is -2.33. The summed E-state index contributed by atoms with van der Waals surface area (Å²) in [7, 11) is 1.61. The van der Waals surface area contributed by atoms with Crippen molar-refractivity contribution in [1.29, 1.82) is 0 Å². The van der Waals surface area contributed by atoms with Gasteiger partial charge in [-0.25, -0.2) is 9.78 Å². The smallest absolute Gasteiger partial charge is 0.325 e. The van der Waals surface area contributed by atoms with Crippen LogP contribution < -0.4 is 10.1 Å². The van der Waals surface area contributed by atoms with Crippen LogP contribution >= 0.6 is 0 Å². The van der Waals surface area contributed by atoms with Crippen LogP contribution in [0, 0.1) is 5.92 Å². The minimum Gasteiger partial charge on any atom is -0.497 e. The van der Waals surface area contributed by atoms with E-state index in [1.807, 2.05) is 24.3 Å². The van der Waals surface area contributed by atoms with Gasteiger partial charge in [0, 0.05) is 5.56 Å². The van der Waals surface area contributed by atoms with E-state index in [9.17, 15) is 9.59 Å². The number of carbonyl (C=O) groups excluding carboxylic acids is 2. The number of aromatic nitrogens is 1. The largest absolute Gasteiger partial charge is 0.497 e. The Kier molecular flexibility index (Phi) is 4.37. The summed E-state index contributed by atoms with van der Waals surface area (Å²) in [6.45, 7) is 2.30. The van der Waals surface area contributed by atoms with Crippen molar-refractivity contribution in [2.45, 2.75) is 44.7 Å². The van der Waals surface area contributed by atoms with Crippen LogP contribution in [0.5, 0.6) is 5.75 Å². The number of amides is 3. The summed E-state index contributed by atoms with van der Waals surface area (Å²) >= 11 is 0. The van der Waals surface area contributed by atoms with Gasteiger partial charge in [-0.3, -0.25) is 9.69 Å². The molecule has 1 saturated carbocycles. The number of imide groups is 1. The van der Waals surface area contributed by atoms with Crippen LogP contribution in [0.2, 0.25) is 0 Å². The van der Waals surface area contributed by atoms with E-state index in [-0.39, 0.29) is 18.5 Å². The second-order valence-electron chi connectivity index (χ2n) is 7.46. The Bertz CT molecular complexity index is 850. The Hall–Kier alpha value is -2.83. The van der Waals surface area contributed by atoms with Gasteiger partial charge < -0.3 is 14.5 Å². The summed E-state index contributed by atoms with van der Waals surface area (Å²) in [5, 5.41) is 2.93. The second-order valence-corrected chi connectivity index (χ2v) is 7.46.